The number of aromatic nitrogens is 2. The van der Waals surface area contributed by atoms with Crippen molar-refractivity contribution in [3.05, 3.63) is 99.4 Å². The van der Waals surface area contributed by atoms with E-state index in [0.29, 0.717) is 17.0 Å². The van der Waals surface area contributed by atoms with Gasteiger partial charge in [0.05, 0.1) is 11.6 Å². The first-order valence-corrected chi connectivity index (χ1v) is 13.8. The van der Waals surface area contributed by atoms with Crippen molar-refractivity contribution < 1.29 is 9.59 Å². The van der Waals surface area contributed by atoms with Crippen LogP contribution < -0.4 is 0 Å². The molecule has 0 spiro atoms. The summed E-state index contributed by atoms with van der Waals surface area (Å²) >= 11 is 0. The zero-order chi connectivity index (χ0) is 27.1. The molecule has 3 heterocycles. The zero-order valence-electron chi connectivity index (χ0n) is 22.5. The molecule has 4 aromatic rings. The molecule has 0 bridgehead atoms. The van der Waals surface area contributed by atoms with E-state index < -0.39 is 0 Å². The van der Waals surface area contributed by atoms with Crippen molar-refractivity contribution in [2.45, 2.75) is 51.4 Å². The van der Waals surface area contributed by atoms with E-state index in [-0.39, 0.29) is 18.1 Å². The molecule has 2 aromatic carbocycles. The Hall–Kier alpha value is -4.24. The van der Waals surface area contributed by atoms with Gasteiger partial charge in [-0.05, 0) is 91.0 Å². The molecule has 1 fully saturated rings. The minimum absolute atomic E-state index is 0.0203. The molecule has 196 valence electrons. The third-order valence-corrected chi connectivity index (χ3v) is 8.64. The Morgan fingerprint density at radius 2 is 1.90 bits per heavy atom. The number of pyridine rings is 1. The molecule has 0 atom stereocenters. The molecule has 1 aliphatic heterocycles. The smallest absolute Gasteiger partial charge is 0.254 e. The summed E-state index contributed by atoms with van der Waals surface area (Å²) in [5.74, 6) is 0.482. The lowest BCUT2D eigenvalue weighted by Gasteiger charge is -2.32. The lowest BCUT2D eigenvalue weighted by atomic mass is 9.87. The molecular formula is C33H32N4O2. The largest absolute Gasteiger partial charge is 0.339 e. The van der Waals surface area contributed by atoms with E-state index in [0.717, 1.165) is 72.9 Å². The van der Waals surface area contributed by atoms with Crippen LogP contribution in [0.3, 0.4) is 0 Å². The van der Waals surface area contributed by atoms with E-state index in [9.17, 15) is 14.9 Å². The summed E-state index contributed by atoms with van der Waals surface area (Å²) in [7, 11) is 2.02. The zero-order valence-corrected chi connectivity index (χ0v) is 22.5. The molecule has 6 heteroatoms. The van der Waals surface area contributed by atoms with Gasteiger partial charge in [0.1, 0.15) is 5.65 Å². The van der Waals surface area contributed by atoms with Crippen LogP contribution in [0.4, 0.5) is 0 Å². The van der Waals surface area contributed by atoms with E-state index in [4.69, 9.17) is 4.98 Å². The molecule has 2 aromatic heterocycles. The fourth-order valence-electron chi connectivity index (χ4n) is 6.49. The molecule has 0 saturated carbocycles. The standard InChI is InChI=1S/C33H32N4O2/c1-21-26(17-30(38)25-9-3-6-22(16-25)18-34)19-35-32-31(21)29(20-36(32)2)24-12-14-37(15-13-24)33(39)28-11-5-8-23-7-4-10-27(23)28/h3,5-6,8-9,11,16,19-20,24H,4,7,10,12-15,17H2,1-2H3. The van der Waals surface area contributed by atoms with Crippen LogP contribution in [0, 0.1) is 18.3 Å². The van der Waals surface area contributed by atoms with Crippen LogP contribution in [0.5, 0.6) is 0 Å². The van der Waals surface area contributed by atoms with E-state index in [1.165, 1.54) is 16.7 Å². The monoisotopic (exact) mass is 516 g/mol. The molecule has 2 aliphatic rings. The van der Waals surface area contributed by atoms with E-state index >= 15 is 0 Å². The molecule has 39 heavy (non-hydrogen) atoms. The lowest BCUT2D eigenvalue weighted by molar-refractivity contribution is 0.0712. The average Bonchev–Trinajstić information content (AvgIpc) is 3.59. The predicted molar refractivity (Wildman–Crippen MR) is 151 cm³/mol. The fraction of sp³-hybridized carbons (Fsp3) is 0.333. The van der Waals surface area contributed by atoms with Gasteiger partial charge in [0.15, 0.2) is 5.78 Å². The Bertz CT molecular complexity index is 1650. The van der Waals surface area contributed by atoms with Crippen LogP contribution in [0.25, 0.3) is 11.0 Å². The van der Waals surface area contributed by atoms with Gasteiger partial charge in [-0.3, -0.25) is 9.59 Å². The van der Waals surface area contributed by atoms with Crippen molar-refractivity contribution in [1.29, 1.82) is 5.26 Å². The van der Waals surface area contributed by atoms with Gasteiger partial charge in [0.25, 0.3) is 5.91 Å². The van der Waals surface area contributed by atoms with Gasteiger partial charge < -0.3 is 9.47 Å². The molecule has 1 aliphatic carbocycles. The summed E-state index contributed by atoms with van der Waals surface area (Å²) in [6, 6.07) is 15.2. The Morgan fingerprint density at radius 3 is 2.69 bits per heavy atom. The van der Waals surface area contributed by atoms with Crippen molar-refractivity contribution >= 4 is 22.7 Å². The van der Waals surface area contributed by atoms with E-state index in [2.05, 4.69) is 29.8 Å². The number of likely N-dealkylation sites (tertiary alicyclic amines) is 1. The Morgan fingerprint density at radius 1 is 1.10 bits per heavy atom. The summed E-state index contributed by atoms with van der Waals surface area (Å²) in [6.07, 6.45) is 9.26. The first-order valence-electron chi connectivity index (χ1n) is 13.8. The highest BCUT2D eigenvalue weighted by atomic mass is 16.2. The van der Waals surface area contributed by atoms with Crippen molar-refractivity contribution in [2.75, 3.05) is 13.1 Å². The van der Waals surface area contributed by atoms with Crippen molar-refractivity contribution in [2.24, 2.45) is 7.05 Å². The van der Waals surface area contributed by atoms with Gasteiger partial charge in [-0.25, -0.2) is 4.98 Å². The first-order chi connectivity index (χ1) is 18.9. The lowest BCUT2D eigenvalue weighted by Crippen LogP contribution is -2.38. The number of fused-ring (bicyclic) bond motifs is 2. The fourth-order valence-corrected chi connectivity index (χ4v) is 6.49. The second-order valence-corrected chi connectivity index (χ2v) is 11.0. The maximum Gasteiger partial charge on any atom is 0.254 e. The summed E-state index contributed by atoms with van der Waals surface area (Å²) < 4.78 is 2.07. The number of piperidine rings is 1. The molecule has 0 unspecified atom stereocenters. The van der Waals surface area contributed by atoms with Gasteiger partial charge in [-0.2, -0.15) is 5.26 Å². The number of rotatable bonds is 5. The Labute approximate surface area is 228 Å². The number of ketones is 1. The number of amides is 1. The number of nitriles is 1. The highest BCUT2D eigenvalue weighted by molar-refractivity contribution is 5.99. The van der Waals surface area contributed by atoms with Gasteiger partial charge in [-0.1, -0.05) is 24.3 Å². The second-order valence-electron chi connectivity index (χ2n) is 11.0. The molecule has 1 amide bonds. The molecule has 0 N–H and O–H groups in total. The maximum absolute atomic E-state index is 13.4. The van der Waals surface area contributed by atoms with Crippen LogP contribution in [-0.4, -0.2) is 39.2 Å². The van der Waals surface area contributed by atoms with Gasteiger partial charge >= 0.3 is 0 Å². The first kappa shape index (κ1) is 25.1. The number of carbonyl (C=O) groups is 2. The minimum atomic E-state index is -0.0203. The van der Waals surface area contributed by atoms with Crippen LogP contribution >= 0.6 is 0 Å². The van der Waals surface area contributed by atoms with Gasteiger partial charge in [0, 0.05) is 55.5 Å². The molecule has 6 rings (SSSR count). The predicted octanol–water partition coefficient (Wildman–Crippen LogP) is 5.69. The van der Waals surface area contributed by atoms with Crippen LogP contribution in [0.1, 0.15) is 79.3 Å². The number of Topliss-reactive ketones (excluding diaryl/α,β-unsaturated/α-hetero) is 1. The van der Waals surface area contributed by atoms with E-state index in [1.54, 1.807) is 24.3 Å². The van der Waals surface area contributed by atoms with Crippen LogP contribution in [-0.2, 0) is 26.3 Å². The van der Waals surface area contributed by atoms with Crippen LogP contribution in [0.2, 0.25) is 0 Å². The van der Waals surface area contributed by atoms with Crippen LogP contribution in [0.15, 0.2) is 54.9 Å². The molecule has 6 nitrogen and oxygen atoms in total. The third kappa shape index (κ3) is 4.52. The molecule has 1 saturated heterocycles. The number of aryl methyl sites for hydroxylation is 3. The Balaban J connectivity index is 1.23. The Kier molecular flexibility index (Phi) is 6.52. The number of carbonyl (C=O) groups excluding carboxylic acids is 2. The van der Waals surface area contributed by atoms with Crippen molar-refractivity contribution in [3.63, 3.8) is 0 Å². The quantitative estimate of drug-likeness (QED) is 0.319. The SMILES string of the molecule is Cc1c(CC(=O)c2cccc(C#N)c2)cnc2c1c(C1CCN(C(=O)c3cccc4c3CCC4)CC1)cn2C. The highest BCUT2D eigenvalue weighted by Gasteiger charge is 2.29. The maximum atomic E-state index is 13.4. The number of hydrogen-bond acceptors (Lipinski definition) is 4. The average molecular weight is 517 g/mol. The topological polar surface area (TPSA) is 79.0 Å². The van der Waals surface area contributed by atoms with E-state index in [1.807, 2.05) is 30.3 Å². The summed E-state index contributed by atoms with van der Waals surface area (Å²) in [5.41, 5.74) is 8.67. The number of nitrogens with zero attached hydrogens (tertiary/aromatic N) is 4. The second kappa shape index (κ2) is 10.1. The summed E-state index contributed by atoms with van der Waals surface area (Å²) in [6.45, 7) is 3.56. The third-order valence-electron chi connectivity index (χ3n) is 8.64. The number of hydrogen-bond donors (Lipinski definition) is 0. The molecule has 0 radical (unpaired) electrons. The van der Waals surface area contributed by atoms with Crippen molar-refractivity contribution in [1.82, 2.24) is 14.5 Å². The summed E-state index contributed by atoms with van der Waals surface area (Å²) in [4.78, 5) is 33.3. The minimum Gasteiger partial charge on any atom is -0.339 e. The van der Waals surface area contributed by atoms with Crippen molar-refractivity contribution in [3.8, 4) is 6.07 Å². The van der Waals surface area contributed by atoms with Gasteiger partial charge in [-0.15, -0.1) is 0 Å². The normalized spacial score (nSPS) is 15.4. The molecular weight excluding hydrogens is 484 g/mol. The summed E-state index contributed by atoms with van der Waals surface area (Å²) in [5, 5.41) is 10.3. The highest BCUT2D eigenvalue weighted by Crippen LogP contribution is 2.37. The van der Waals surface area contributed by atoms with Gasteiger partial charge in [0.2, 0.25) is 0 Å². The number of benzene rings is 2.